The van der Waals surface area contributed by atoms with Gasteiger partial charge < -0.3 is 19.9 Å². The number of benzene rings is 1. The van der Waals surface area contributed by atoms with Crippen molar-refractivity contribution in [2.24, 2.45) is 0 Å². The predicted molar refractivity (Wildman–Crippen MR) is 73.6 cm³/mol. The fraction of sp³-hybridized carbons (Fsp3) is 0.571. The van der Waals surface area contributed by atoms with E-state index in [0.717, 1.165) is 5.69 Å². The van der Waals surface area contributed by atoms with E-state index in [9.17, 15) is 18.3 Å². The fourth-order valence-corrected chi connectivity index (χ4v) is 1.62. The molecule has 1 aromatic rings. The summed E-state index contributed by atoms with van der Waals surface area (Å²) >= 11 is 0. The van der Waals surface area contributed by atoms with Crippen molar-refractivity contribution in [2.75, 3.05) is 32.2 Å². The molecule has 7 heteroatoms. The Bertz CT molecular complexity index is 395. The first-order valence-corrected chi connectivity index (χ1v) is 6.61. The number of aliphatic hydroxyl groups is 1. The van der Waals surface area contributed by atoms with Gasteiger partial charge in [-0.3, -0.25) is 0 Å². The van der Waals surface area contributed by atoms with Crippen LogP contribution in [0.25, 0.3) is 0 Å². The molecule has 0 bridgehead atoms. The second-order valence-corrected chi connectivity index (χ2v) is 4.58. The summed E-state index contributed by atoms with van der Waals surface area (Å²) in [6.07, 6.45) is -5.65. The van der Waals surface area contributed by atoms with Crippen LogP contribution in [-0.2, 0) is 4.74 Å². The lowest BCUT2D eigenvalue weighted by atomic mass is 10.3. The van der Waals surface area contributed by atoms with Crippen LogP contribution in [0.5, 0.6) is 5.75 Å². The van der Waals surface area contributed by atoms with E-state index in [1.165, 1.54) is 7.11 Å². The maximum atomic E-state index is 11.9. The van der Waals surface area contributed by atoms with Gasteiger partial charge in [0, 0.05) is 25.8 Å². The Morgan fingerprint density at radius 2 is 1.90 bits per heavy atom. The predicted octanol–water partition coefficient (Wildman–Crippen LogP) is 2.83. The van der Waals surface area contributed by atoms with Gasteiger partial charge in [-0.2, -0.15) is 13.2 Å². The topological polar surface area (TPSA) is 50.7 Å². The van der Waals surface area contributed by atoms with Gasteiger partial charge >= 0.3 is 6.18 Å². The summed E-state index contributed by atoms with van der Waals surface area (Å²) in [4.78, 5) is 0. The van der Waals surface area contributed by atoms with E-state index in [1.807, 2.05) is 0 Å². The molecule has 0 radical (unpaired) electrons. The third-order valence-corrected chi connectivity index (χ3v) is 2.63. The lowest BCUT2D eigenvalue weighted by Crippen LogP contribution is -2.24. The molecule has 21 heavy (non-hydrogen) atoms. The summed E-state index contributed by atoms with van der Waals surface area (Å²) < 4.78 is 45.9. The Morgan fingerprint density at radius 1 is 1.24 bits per heavy atom. The van der Waals surface area contributed by atoms with Crippen molar-refractivity contribution < 1.29 is 27.8 Å². The number of nitrogens with one attached hydrogen (secondary N) is 1. The number of hydrogen-bond acceptors (Lipinski definition) is 4. The molecule has 1 atom stereocenters. The monoisotopic (exact) mass is 307 g/mol. The Labute approximate surface area is 121 Å². The van der Waals surface area contributed by atoms with Crippen LogP contribution in [0.15, 0.2) is 24.3 Å². The number of hydrogen-bond donors (Lipinski definition) is 2. The average molecular weight is 307 g/mol. The van der Waals surface area contributed by atoms with E-state index < -0.39 is 18.7 Å². The summed E-state index contributed by atoms with van der Waals surface area (Å²) in [7, 11) is 1.51. The first-order valence-electron chi connectivity index (χ1n) is 6.61. The number of methoxy groups -OCH3 is 1. The molecular weight excluding hydrogens is 287 g/mol. The van der Waals surface area contributed by atoms with Gasteiger partial charge in [0.25, 0.3) is 0 Å². The minimum Gasteiger partial charge on any atom is -0.494 e. The van der Waals surface area contributed by atoms with E-state index in [1.54, 1.807) is 24.3 Å². The summed E-state index contributed by atoms with van der Waals surface area (Å²) in [6, 6.07) is 6.80. The zero-order chi connectivity index (χ0) is 15.7. The van der Waals surface area contributed by atoms with Crippen molar-refractivity contribution in [3.05, 3.63) is 24.3 Å². The molecule has 4 nitrogen and oxygen atoms in total. The van der Waals surface area contributed by atoms with Crippen molar-refractivity contribution in [1.29, 1.82) is 0 Å². The number of ether oxygens (including phenoxy) is 2. The van der Waals surface area contributed by atoms with Crippen LogP contribution in [0.1, 0.15) is 12.8 Å². The second kappa shape index (κ2) is 8.74. The fourth-order valence-electron chi connectivity index (χ4n) is 1.62. The molecule has 120 valence electrons. The third kappa shape index (κ3) is 8.41. The molecule has 0 aromatic heterocycles. The van der Waals surface area contributed by atoms with Crippen LogP contribution < -0.4 is 10.1 Å². The highest BCUT2D eigenvalue weighted by Crippen LogP contribution is 2.22. The van der Waals surface area contributed by atoms with E-state index in [4.69, 9.17) is 9.47 Å². The van der Waals surface area contributed by atoms with Gasteiger partial charge in [-0.05, 0) is 30.7 Å². The standard InChI is InChI=1S/C14H20F3NO3/c1-20-10-12(19)9-18-11-3-5-13(6-4-11)21-8-2-7-14(15,16)17/h3-6,12,18-19H,2,7-10H2,1H3/t12-/m1/s1. The lowest BCUT2D eigenvalue weighted by Gasteiger charge is -2.12. The molecule has 0 heterocycles. The van der Waals surface area contributed by atoms with Gasteiger partial charge in [0.15, 0.2) is 0 Å². The molecule has 0 saturated heterocycles. The normalized spacial score (nSPS) is 13.0. The Kier molecular flexibility index (Phi) is 7.31. The molecule has 1 rings (SSSR count). The Morgan fingerprint density at radius 3 is 2.48 bits per heavy atom. The van der Waals surface area contributed by atoms with Gasteiger partial charge in [0.2, 0.25) is 0 Å². The van der Waals surface area contributed by atoms with Crippen LogP contribution in [0.2, 0.25) is 0 Å². The van der Waals surface area contributed by atoms with Crippen molar-refractivity contribution >= 4 is 5.69 Å². The van der Waals surface area contributed by atoms with E-state index in [-0.39, 0.29) is 19.6 Å². The Balaban J connectivity index is 2.27. The zero-order valence-corrected chi connectivity index (χ0v) is 11.8. The smallest absolute Gasteiger partial charge is 0.389 e. The maximum Gasteiger partial charge on any atom is 0.389 e. The van der Waals surface area contributed by atoms with Crippen LogP contribution in [-0.4, -0.2) is 44.3 Å². The molecule has 0 aliphatic heterocycles. The highest BCUT2D eigenvalue weighted by atomic mass is 19.4. The van der Waals surface area contributed by atoms with Crippen LogP contribution in [0.4, 0.5) is 18.9 Å². The van der Waals surface area contributed by atoms with E-state index in [0.29, 0.717) is 12.3 Å². The minimum absolute atomic E-state index is 0.0266. The van der Waals surface area contributed by atoms with Gasteiger partial charge in [0.05, 0.1) is 19.3 Å². The quantitative estimate of drug-likeness (QED) is 0.689. The van der Waals surface area contributed by atoms with E-state index >= 15 is 0 Å². The van der Waals surface area contributed by atoms with Crippen molar-refractivity contribution in [3.8, 4) is 5.75 Å². The molecule has 0 spiro atoms. The molecule has 1 aromatic carbocycles. The first kappa shape index (κ1) is 17.6. The summed E-state index contributed by atoms with van der Waals surface area (Å²) in [5, 5.41) is 12.5. The Hall–Kier alpha value is -1.47. The molecule has 0 saturated carbocycles. The number of aliphatic hydroxyl groups excluding tert-OH is 1. The summed E-state index contributed by atoms with van der Waals surface area (Å²) in [6.45, 7) is 0.617. The lowest BCUT2D eigenvalue weighted by molar-refractivity contribution is -0.136. The molecular formula is C14H20F3NO3. The summed E-state index contributed by atoms with van der Waals surface area (Å²) in [5.41, 5.74) is 0.785. The first-order chi connectivity index (χ1) is 9.90. The minimum atomic E-state index is -4.14. The van der Waals surface area contributed by atoms with E-state index in [2.05, 4.69) is 5.32 Å². The zero-order valence-electron chi connectivity index (χ0n) is 11.8. The molecule has 0 aliphatic rings. The number of halogens is 3. The number of rotatable bonds is 9. The van der Waals surface area contributed by atoms with Crippen LogP contribution in [0, 0.1) is 0 Å². The summed E-state index contributed by atoms with van der Waals surface area (Å²) in [5.74, 6) is 0.514. The largest absolute Gasteiger partial charge is 0.494 e. The van der Waals surface area contributed by atoms with Crippen molar-refractivity contribution in [1.82, 2.24) is 0 Å². The van der Waals surface area contributed by atoms with Crippen LogP contribution >= 0.6 is 0 Å². The highest BCUT2D eigenvalue weighted by molar-refractivity contribution is 5.46. The number of alkyl halides is 3. The van der Waals surface area contributed by atoms with Crippen molar-refractivity contribution in [3.63, 3.8) is 0 Å². The molecule has 0 unspecified atom stereocenters. The molecule has 0 amide bonds. The maximum absolute atomic E-state index is 11.9. The van der Waals surface area contributed by atoms with Crippen molar-refractivity contribution in [2.45, 2.75) is 25.1 Å². The molecule has 0 fully saturated rings. The SMILES string of the molecule is COC[C@H](O)CNc1ccc(OCCCC(F)(F)F)cc1. The second-order valence-electron chi connectivity index (χ2n) is 4.58. The van der Waals surface area contributed by atoms with Gasteiger partial charge in [-0.15, -0.1) is 0 Å². The molecule has 2 N–H and O–H groups in total. The van der Waals surface area contributed by atoms with Crippen LogP contribution in [0.3, 0.4) is 0 Å². The molecule has 0 aliphatic carbocycles. The third-order valence-electron chi connectivity index (χ3n) is 2.63. The van der Waals surface area contributed by atoms with Gasteiger partial charge in [-0.25, -0.2) is 0 Å². The van der Waals surface area contributed by atoms with Gasteiger partial charge in [-0.1, -0.05) is 0 Å². The van der Waals surface area contributed by atoms with Gasteiger partial charge in [0.1, 0.15) is 5.75 Å². The highest BCUT2D eigenvalue weighted by Gasteiger charge is 2.26. The average Bonchev–Trinajstić information content (AvgIpc) is 2.42. The number of anilines is 1.